The van der Waals surface area contributed by atoms with Crippen LogP contribution in [0.15, 0.2) is 66.7 Å². The number of aromatic nitrogens is 2. The van der Waals surface area contributed by atoms with Gasteiger partial charge in [-0.05, 0) is 37.3 Å². The van der Waals surface area contributed by atoms with E-state index in [-0.39, 0.29) is 17.6 Å². The van der Waals surface area contributed by atoms with Crippen LogP contribution in [0.2, 0.25) is 0 Å². The van der Waals surface area contributed by atoms with Crippen LogP contribution in [0.4, 0.5) is 5.82 Å². The summed E-state index contributed by atoms with van der Waals surface area (Å²) < 4.78 is 6.00. The van der Waals surface area contributed by atoms with Crippen LogP contribution < -0.4 is 15.4 Å². The van der Waals surface area contributed by atoms with Gasteiger partial charge in [0, 0.05) is 12.6 Å². The fraction of sp³-hybridized carbons (Fsp3) is 0.150. The van der Waals surface area contributed by atoms with Crippen molar-refractivity contribution in [2.45, 2.75) is 13.0 Å². The topological polar surface area (TPSA) is 76.1 Å². The summed E-state index contributed by atoms with van der Waals surface area (Å²) in [4.78, 5) is 11.5. The normalized spacial score (nSPS) is 11.5. The predicted molar refractivity (Wildman–Crippen MR) is 100 cm³/mol. The number of carbonyl (C=O) groups is 1. The van der Waals surface area contributed by atoms with E-state index in [9.17, 15) is 4.79 Å². The lowest BCUT2D eigenvalue weighted by Crippen LogP contribution is -2.20. The molecule has 6 heteroatoms. The van der Waals surface area contributed by atoms with Crippen LogP contribution in [0, 0.1) is 0 Å². The third kappa shape index (κ3) is 4.16. The van der Waals surface area contributed by atoms with Gasteiger partial charge in [-0.1, -0.05) is 36.4 Å². The van der Waals surface area contributed by atoms with E-state index in [0.717, 1.165) is 17.1 Å². The Kier molecular flexibility index (Phi) is 5.43. The van der Waals surface area contributed by atoms with E-state index in [1.165, 1.54) is 0 Å². The molecule has 1 unspecified atom stereocenters. The molecular formula is C20H20N4O2. The number of rotatable bonds is 6. The lowest BCUT2D eigenvalue weighted by atomic mass is 10.1. The lowest BCUT2D eigenvalue weighted by molar-refractivity contribution is 0.0957. The first kappa shape index (κ1) is 17.4. The Balaban J connectivity index is 1.75. The summed E-state index contributed by atoms with van der Waals surface area (Å²) in [5.74, 6) is 1.87. The Bertz CT molecular complexity index is 866. The monoisotopic (exact) mass is 348 g/mol. The van der Waals surface area contributed by atoms with Crippen molar-refractivity contribution in [2.24, 2.45) is 0 Å². The smallest absolute Gasteiger partial charge is 0.271 e. The molecule has 1 aromatic heterocycles. The van der Waals surface area contributed by atoms with Crippen molar-refractivity contribution in [1.82, 2.24) is 15.5 Å². The fourth-order valence-electron chi connectivity index (χ4n) is 2.50. The third-order valence-electron chi connectivity index (χ3n) is 3.85. The van der Waals surface area contributed by atoms with Gasteiger partial charge in [-0.15, -0.1) is 10.2 Å². The Morgan fingerprint density at radius 1 is 0.962 bits per heavy atom. The lowest BCUT2D eigenvalue weighted by Gasteiger charge is -2.18. The first-order valence-corrected chi connectivity index (χ1v) is 8.31. The highest BCUT2D eigenvalue weighted by Gasteiger charge is 2.13. The molecule has 26 heavy (non-hydrogen) atoms. The molecule has 0 aliphatic rings. The minimum Gasteiger partial charge on any atom is -0.457 e. The number of benzene rings is 2. The van der Waals surface area contributed by atoms with E-state index in [0.29, 0.717) is 5.82 Å². The van der Waals surface area contributed by atoms with Crippen molar-refractivity contribution >= 4 is 11.7 Å². The van der Waals surface area contributed by atoms with Gasteiger partial charge >= 0.3 is 0 Å². The number of amides is 1. The average molecular weight is 348 g/mol. The molecule has 1 heterocycles. The van der Waals surface area contributed by atoms with Crippen molar-refractivity contribution in [3.05, 3.63) is 78.0 Å². The molecule has 0 radical (unpaired) electrons. The summed E-state index contributed by atoms with van der Waals surface area (Å²) in [6, 6.07) is 20.8. The third-order valence-corrected chi connectivity index (χ3v) is 3.85. The molecule has 0 aliphatic heterocycles. The van der Waals surface area contributed by atoms with Gasteiger partial charge in [0.1, 0.15) is 17.3 Å². The van der Waals surface area contributed by atoms with Crippen molar-refractivity contribution < 1.29 is 9.53 Å². The van der Waals surface area contributed by atoms with Crippen LogP contribution in [-0.4, -0.2) is 23.2 Å². The van der Waals surface area contributed by atoms with E-state index < -0.39 is 0 Å². The van der Waals surface area contributed by atoms with Crippen molar-refractivity contribution in [3.8, 4) is 11.5 Å². The van der Waals surface area contributed by atoms with Gasteiger partial charge in [0.15, 0.2) is 5.69 Å². The quantitative estimate of drug-likeness (QED) is 0.708. The fourth-order valence-corrected chi connectivity index (χ4v) is 2.50. The summed E-state index contributed by atoms with van der Waals surface area (Å²) in [7, 11) is 1.56. The summed E-state index contributed by atoms with van der Waals surface area (Å²) in [6.45, 7) is 2.02. The molecule has 0 fully saturated rings. The van der Waals surface area contributed by atoms with Gasteiger partial charge in [-0.3, -0.25) is 4.79 Å². The second kappa shape index (κ2) is 8.11. The molecule has 0 spiro atoms. The zero-order valence-corrected chi connectivity index (χ0v) is 14.6. The maximum atomic E-state index is 11.5. The van der Waals surface area contributed by atoms with E-state index in [2.05, 4.69) is 20.8 Å². The number of carbonyl (C=O) groups excluding carboxylic acids is 1. The number of nitrogens with zero attached hydrogens (tertiary/aromatic N) is 2. The molecule has 6 nitrogen and oxygen atoms in total. The molecule has 3 rings (SSSR count). The highest BCUT2D eigenvalue weighted by molar-refractivity contribution is 5.91. The standard InChI is InChI=1S/C20H20N4O2/c1-14(22-19-13-12-17(23-24-19)20(25)21-2)16-10-6-7-11-18(16)26-15-8-4-3-5-9-15/h3-14H,1-2H3,(H,21,25)(H,22,24). The number of ether oxygens (including phenoxy) is 1. The minimum atomic E-state index is -0.265. The highest BCUT2D eigenvalue weighted by Crippen LogP contribution is 2.30. The Morgan fingerprint density at radius 3 is 2.38 bits per heavy atom. The molecule has 1 amide bonds. The van der Waals surface area contributed by atoms with Crippen LogP contribution in [0.1, 0.15) is 29.0 Å². The van der Waals surface area contributed by atoms with Crippen molar-refractivity contribution in [3.63, 3.8) is 0 Å². The van der Waals surface area contributed by atoms with Crippen LogP contribution in [0.3, 0.4) is 0 Å². The number of hydrogen-bond donors (Lipinski definition) is 2. The molecule has 2 N–H and O–H groups in total. The summed E-state index contributed by atoms with van der Waals surface area (Å²) in [5.41, 5.74) is 1.27. The average Bonchev–Trinajstić information content (AvgIpc) is 2.69. The first-order valence-electron chi connectivity index (χ1n) is 8.31. The maximum absolute atomic E-state index is 11.5. The molecule has 2 aromatic carbocycles. The number of para-hydroxylation sites is 2. The Labute approximate surface area is 152 Å². The van der Waals surface area contributed by atoms with Gasteiger partial charge in [0.05, 0.1) is 6.04 Å². The molecule has 1 atom stereocenters. The van der Waals surface area contributed by atoms with E-state index >= 15 is 0 Å². The molecule has 3 aromatic rings. The number of hydrogen-bond acceptors (Lipinski definition) is 5. The maximum Gasteiger partial charge on any atom is 0.271 e. The van der Waals surface area contributed by atoms with Gasteiger partial charge in [0.25, 0.3) is 5.91 Å². The molecule has 0 bridgehead atoms. The zero-order valence-electron chi connectivity index (χ0n) is 14.6. The zero-order chi connectivity index (χ0) is 18.4. The summed E-state index contributed by atoms with van der Waals surface area (Å²) >= 11 is 0. The summed E-state index contributed by atoms with van der Waals surface area (Å²) in [5, 5.41) is 13.8. The predicted octanol–water partition coefficient (Wildman–Crippen LogP) is 3.80. The van der Waals surface area contributed by atoms with Crippen LogP contribution in [0.5, 0.6) is 11.5 Å². The Morgan fingerprint density at radius 2 is 1.69 bits per heavy atom. The summed E-state index contributed by atoms with van der Waals surface area (Å²) in [6.07, 6.45) is 0. The Hall–Kier alpha value is -3.41. The van der Waals surface area contributed by atoms with Gasteiger partial charge in [-0.2, -0.15) is 0 Å². The second-order valence-electron chi connectivity index (χ2n) is 5.70. The van der Waals surface area contributed by atoms with E-state index in [1.54, 1.807) is 19.2 Å². The molecule has 0 saturated carbocycles. The number of anilines is 1. The van der Waals surface area contributed by atoms with Crippen LogP contribution in [-0.2, 0) is 0 Å². The minimum absolute atomic E-state index is 0.0601. The molecule has 0 saturated heterocycles. The van der Waals surface area contributed by atoms with E-state index in [4.69, 9.17) is 4.74 Å². The molecule has 132 valence electrons. The first-order chi connectivity index (χ1) is 12.7. The number of nitrogens with one attached hydrogen (secondary N) is 2. The molecular weight excluding hydrogens is 328 g/mol. The van der Waals surface area contributed by atoms with Gasteiger partial charge < -0.3 is 15.4 Å². The SMILES string of the molecule is CNC(=O)c1ccc(NC(C)c2ccccc2Oc2ccccc2)nn1. The van der Waals surface area contributed by atoms with Crippen molar-refractivity contribution in [1.29, 1.82) is 0 Å². The largest absolute Gasteiger partial charge is 0.457 e. The van der Waals surface area contributed by atoms with E-state index in [1.807, 2.05) is 61.5 Å². The molecule has 0 aliphatic carbocycles. The van der Waals surface area contributed by atoms with Gasteiger partial charge in [0.2, 0.25) is 0 Å². The van der Waals surface area contributed by atoms with Crippen LogP contribution >= 0.6 is 0 Å². The van der Waals surface area contributed by atoms with Crippen molar-refractivity contribution in [2.75, 3.05) is 12.4 Å². The second-order valence-corrected chi connectivity index (χ2v) is 5.70. The highest BCUT2D eigenvalue weighted by atomic mass is 16.5. The van der Waals surface area contributed by atoms with Gasteiger partial charge in [-0.25, -0.2) is 0 Å². The van der Waals surface area contributed by atoms with Crippen LogP contribution in [0.25, 0.3) is 0 Å².